The van der Waals surface area contributed by atoms with E-state index in [0.717, 1.165) is 6.42 Å². The number of nitrogens with zero attached hydrogens (tertiary/aromatic N) is 3. The Morgan fingerprint density at radius 3 is 2.70 bits per heavy atom. The highest BCUT2D eigenvalue weighted by atomic mass is 32.2. The third kappa shape index (κ3) is 4.20. The Kier molecular flexibility index (Phi) is 5.52. The van der Waals surface area contributed by atoms with Gasteiger partial charge in [0.2, 0.25) is 15.9 Å². The number of rotatable bonds is 7. The highest BCUT2D eigenvalue weighted by Crippen LogP contribution is 2.16. The van der Waals surface area contributed by atoms with Crippen LogP contribution in [-0.2, 0) is 21.4 Å². The van der Waals surface area contributed by atoms with E-state index in [1.54, 1.807) is 14.1 Å². The first kappa shape index (κ1) is 16.4. The maximum Gasteiger partial charge on any atom is 0.245 e. The van der Waals surface area contributed by atoms with E-state index in [0.29, 0.717) is 6.54 Å². The Morgan fingerprint density at radius 1 is 1.50 bits per heavy atom. The molecule has 0 aliphatic heterocycles. The Hall–Kier alpha value is -1.61. The number of hydrogen-bond acceptors (Lipinski definition) is 5. The first-order chi connectivity index (χ1) is 9.27. The molecule has 1 amide bonds. The lowest BCUT2D eigenvalue weighted by molar-refractivity contribution is -0.128. The summed E-state index contributed by atoms with van der Waals surface area (Å²) < 4.78 is 27.9. The summed E-state index contributed by atoms with van der Waals surface area (Å²) >= 11 is 0. The number of nitrogens with two attached hydrogens (primary N) is 1. The summed E-state index contributed by atoms with van der Waals surface area (Å²) in [6, 6.07) is 0. The van der Waals surface area contributed by atoms with E-state index in [9.17, 15) is 13.2 Å². The smallest absolute Gasteiger partial charge is 0.245 e. The van der Waals surface area contributed by atoms with Crippen molar-refractivity contribution in [2.75, 3.05) is 26.4 Å². The summed E-state index contributed by atoms with van der Waals surface area (Å²) in [6.07, 6.45) is 2.32. The largest absolute Gasteiger partial charge is 0.381 e. The van der Waals surface area contributed by atoms with Gasteiger partial charge in [0.15, 0.2) is 5.82 Å². The number of nitrogen functional groups attached to an aromatic ring is 1. The molecule has 0 saturated carbocycles. The fourth-order valence-electron chi connectivity index (χ4n) is 1.56. The van der Waals surface area contributed by atoms with Gasteiger partial charge in [0, 0.05) is 39.8 Å². The van der Waals surface area contributed by atoms with Gasteiger partial charge in [-0.15, -0.1) is 0 Å². The summed E-state index contributed by atoms with van der Waals surface area (Å²) in [7, 11) is -0.510. The Labute approximate surface area is 119 Å². The molecule has 8 nitrogen and oxygen atoms in total. The number of aromatic nitrogens is 2. The van der Waals surface area contributed by atoms with Gasteiger partial charge in [-0.25, -0.2) is 13.1 Å². The number of sulfonamides is 1. The Morgan fingerprint density at radius 2 is 2.15 bits per heavy atom. The van der Waals surface area contributed by atoms with Gasteiger partial charge in [-0.05, 0) is 6.42 Å². The van der Waals surface area contributed by atoms with E-state index in [1.165, 1.54) is 15.8 Å². The van der Waals surface area contributed by atoms with Crippen LogP contribution in [-0.4, -0.2) is 49.6 Å². The molecule has 1 heterocycles. The number of carbonyl (C=O) groups excluding carboxylic acids is 1. The number of aryl methyl sites for hydroxylation is 1. The molecule has 0 radical (unpaired) electrons. The van der Waals surface area contributed by atoms with Gasteiger partial charge in [-0.2, -0.15) is 5.10 Å². The number of nitrogens with one attached hydrogen (secondary N) is 1. The van der Waals surface area contributed by atoms with Crippen LogP contribution in [0.4, 0.5) is 5.82 Å². The van der Waals surface area contributed by atoms with Crippen LogP contribution in [0.25, 0.3) is 0 Å². The van der Waals surface area contributed by atoms with Crippen molar-refractivity contribution in [2.45, 2.75) is 31.2 Å². The second-order valence-corrected chi connectivity index (χ2v) is 6.31. The molecule has 0 unspecified atom stereocenters. The molecule has 0 aliphatic rings. The molecule has 9 heteroatoms. The zero-order chi connectivity index (χ0) is 15.3. The zero-order valence-corrected chi connectivity index (χ0v) is 12.8. The van der Waals surface area contributed by atoms with Crippen molar-refractivity contribution >= 4 is 21.7 Å². The van der Waals surface area contributed by atoms with Gasteiger partial charge in [0.1, 0.15) is 4.90 Å². The summed E-state index contributed by atoms with van der Waals surface area (Å²) in [4.78, 5) is 12.7. The summed E-state index contributed by atoms with van der Waals surface area (Å²) in [5.74, 6) is -0.188. The lowest BCUT2D eigenvalue weighted by Gasteiger charge is -2.10. The molecule has 0 atom stereocenters. The molecular formula is C11H21N5O3S. The van der Waals surface area contributed by atoms with Crippen LogP contribution in [0, 0.1) is 0 Å². The van der Waals surface area contributed by atoms with Gasteiger partial charge < -0.3 is 10.6 Å². The normalized spacial score (nSPS) is 11.6. The maximum absolute atomic E-state index is 12.1. The number of carbonyl (C=O) groups is 1. The van der Waals surface area contributed by atoms with E-state index in [-0.39, 0.29) is 29.6 Å². The number of anilines is 1. The van der Waals surface area contributed by atoms with Crippen molar-refractivity contribution in [3.8, 4) is 0 Å². The van der Waals surface area contributed by atoms with Crippen molar-refractivity contribution in [1.82, 2.24) is 19.4 Å². The molecule has 0 bridgehead atoms. The van der Waals surface area contributed by atoms with Crippen LogP contribution in [0.1, 0.15) is 19.8 Å². The minimum atomic E-state index is -3.74. The Bertz CT molecular complexity index is 565. The first-order valence-corrected chi connectivity index (χ1v) is 7.79. The van der Waals surface area contributed by atoms with E-state index < -0.39 is 10.0 Å². The second kappa shape index (κ2) is 6.71. The SMILES string of the molecule is CCCn1cc(S(=O)(=O)NCCC(=O)N(C)C)c(N)n1. The molecule has 3 N–H and O–H groups in total. The van der Waals surface area contributed by atoms with Crippen LogP contribution in [0.3, 0.4) is 0 Å². The Balaban J connectivity index is 2.71. The predicted molar refractivity (Wildman–Crippen MR) is 75.4 cm³/mol. The summed E-state index contributed by atoms with van der Waals surface area (Å²) in [5.41, 5.74) is 5.61. The van der Waals surface area contributed by atoms with Gasteiger partial charge in [0.25, 0.3) is 0 Å². The molecule has 20 heavy (non-hydrogen) atoms. The van der Waals surface area contributed by atoms with E-state index >= 15 is 0 Å². The van der Waals surface area contributed by atoms with Crippen LogP contribution in [0.5, 0.6) is 0 Å². The van der Waals surface area contributed by atoms with Crippen molar-refractivity contribution in [1.29, 1.82) is 0 Å². The van der Waals surface area contributed by atoms with Crippen LogP contribution in [0.15, 0.2) is 11.1 Å². The van der Waals surface area contributed by atoms with Crippen LogP contribution < -0.4 is 10.5 Å². The lowest BCUT2D eigenvalue weighted by Crippen LogP contribution is -2.30. The summed E-state index contributed by atoms with van der Waals surface area (Å²) in [5, 5.41) is 3.94. The van der Waals surface area contributed by atoms with Gasteiger partial charge in [-0.1, -0.05) is 6.92 Å². The highest BCUT2D eigenvalue weighted by molar-refractivity contribution is 7.89. The van der Waals surface area contributed by atoms with E-state index in [4.69, 9.17) is 5.73 Å². The molecule has 0 spiro atoms. The lowest BCUT2D eigenvalue weighted by atomic mass is 10.4. The molecule has 1 aromatic heterocycles. The molecular weight excluding hydrogens is 282 g/mol. The van der Waals surface area contributed by atoms with Crippen molar-refractivity contribution in [2.24, 2.45) is 0 Å². The fourth-order valence-corrected chi connectivity index (χ4v) is 2.67. The molecule has 1 rings (SSSR count). The number of hydrogen-bond donors (Lipinski definition) is 2. The van der Waals surface area contributed by atoms with Crippen molar-refractivity contribution < 1.29 is 13.2 Å². The highest BCUT2D eigenvalue weighted by Gasteiger charge is 2.21. The van der Waals surface area contributed by atoms with Crippen LogP contribution in [0.2, 0.25) is 0 Å². The zero-order valence-electron chi connectivity index (χ0n) is 12.0. The second-order valence-electron chi connectivity index (χ2n) is 4.58. The first-order valence-electron chi connectivity index (χ1n) is 6.30. The quantitative estimate of drug-likeness (QED) is 0.714. The van der Waals surface area contributed by atoms with Crippen molar-refractivity contribution in [3.05, 3.63) is 6.20 Å². The van der Waals surface area contributed by atoms with E-state index in [1.807, 2.05) is 6.92 Å². The molecule has 0 fully saturated rings. The van der Waals surface area contributed by atoms with Crippen molar-refractivity contribution in [3.63, 3.8) is 0 Å². The maximum atomic E-state index is 12.1. The molecule has 0 saturated heterocycles. The standard InChI is InChI=1S/C11H21N5O3S/c1-4-7-16-8-9(11(12)14-16)20(18,19)13-6-5-10(17)15(2)3/h8,13H,4-7H2,1-3H3,(H2,12,14). The van der Waals surface area contributed by atoms with E-state index in [2.05, 4.69) is 9.82 Å². The van der Waals surface area contributed by atoms with Gasteiger partial charge >= 0.3 is 0 Å². The third-order valence-electron chi connectivity index (χ3n) is 2.63. The third-order valence-corrected chi connectivity index (χ3v) is 4.10. The van der Waals surface area contributed by atoms with Gasteiger partial charge in [0.05, 0.1) is 0 Å². The predicted octanol–water partition coefficient (Wildman–Crippen LogP) is -0.368. The topological polar surface area (TPSA) is 110 Å². The van der Waals surface area contributed by atoms with Crippen LogP contribution >= 0.6 is 0 Å². The average Bonchev–Trinajstić information content (AvgIpc) is 2.71. The number of amides is 1. The molecule has 114 valence electrons. The fraction of sp³-hybridized carbons (Fsp3) is 0.636. The van der Waals surface area contributed by atoms with Gasteiger partial charge in [-0.3, -0.25) is 9.48 Å². The monoisotopic (exact) mass is 303 g/mol. The summed E-state index contributed by atoms with van der Waals surface area (Å²) in [6.45, 7) is 2.58. The molecule has 1 aromatic rings. The minimum absolute atomic E-state index is 0.0255. The minimum Gasteiger partial charge on any atom is -0.381 e. The molecule has 0 aliphatic carbocycles. The average molecular weight is 303 g/mol. The molecule has 0 aromatic carbocycles.